The van der Waals surface area contributed by atoms with Gasteiger partial charge in [0.25, 0.3) is 0 Å². The van der Waals surface area contributed by atoms with Crippen molar-refractivity contribution in [3.05, 3.63) is 16.7 Å². The van der Waals surface area contributed by atoms with Gasteiger partial charge in [-0.05, 0) is 41.1 Å². The highest BCUT2D eigenvalue weighted by Crippen LogP contribution is 2.23. The molecule has 0 bridgehead atoms. The Balaban J connectivity index is 2.97. The Morgan fingerprint density at radius 1 is 1.43 bits per heavy atom. The summed E-state index contributed by atoms with van der Waals surface area (Å²) in [6, 6.07) is 1.45. The van der Waals surface area contributed by atoms with Crippen molar-refractivity contribution in [1.82, 2.24) is 9.71 Å². The maximum absolute atomic E-state index is 12.5. The molecule has 0 saturated heterocycles. The van der Waals surface area contributed by atoms with Gasteiger partial charge in [-0.3, -0.25) is 0 Å². The average Bonchev–Trinajstić information content (AvgIpc) is 2.43. The van der Waals surface area contributed by atoms with Crippen molar-refractivity contribution in [1.29, 1.82) is 0 Å². The molecule has 21 heavy (non-hydrogen) atoms. The van der Waals surface area contributed by atoms with E-state index in [1.165, 1.54) is 0 Å². The summed E-state index contributed by atoms with van der Waals surface area (Å²) in [7, 11) is -3.59. The van der Waals surface area contributed by atoms with E-state index in [1.54, 1.807) is 24.0 Å². The number of hydrogen-bond donors (Lipinski definition) is 2. The second-order valence-corrected chi connectivity index (χ2v) is 8.53. The van der Waals surface area contributed by atoms with Crippen molar-refractivity contribution >= 4 is 43.5 Å². The SMILES string of the molecule is CCCNc1ncc(Br)cc1S(=O)(=O)NC(C)CSCC. The number of nitrogens with zero attached hydrogens (tertiary/aromatic N) is 1. The first-order chi connectivity index (χ1) is 9.90. The lowest BCUT2D eigenvalue weighted by Gasteiger charge is -2.16. The number of pyridine rings is 1. The zero-order chi connectivity index (χ0) is 15.9. The largest absolute Gasteiger partial charge is 0.369 e. The molecule has 0 aliphatic carbocycles. The summed E-state index contributed by atoms with van der Waals surface area (Å²) in [4.78, 5) is 4.35. The number of sulfonamides is 1. The summed E-state index contributed by atoms with van der Waals surface area (Å²) < 4.78 is 28.4. The zero-order valence-corrected chi connectivity index (χ0v) is 15.7. The summed E-state index contributed by atoms with van der Waals surface area (Å²) in [5.41, 5.74) is 0. The Kier molecular flexibility index (Phi) is 8.00. The van der Waals surface area contributed by atoms with Crippen LogP contribution in [0.4, 0.5) is 5.82 Å². The molecule has 0 aliphatic rings. The van der Waals surface area contributed by atoms with Crippen molar-refractivity contribution in [2.75, 3.05) is 23.4 Å². The van der Waals surface area contributed by atoms with Crippen LogP contribution in [0.2, 0.25) is 0 Å². The fourth-order valence-electron chi connectivity index (χ4n) is 1.66. The van der Waals surface area contributed by atoms with Crippen molar-refractivity contribution in [2.24, 2.45) is 0 Å². The fraction of sp³-hybridized carbons (Fsp3) is 0.615. The minimum atomic E-state index is -3.59. The van der Waals surface area contributed by atoms with E-state index < -0.39 is 10.0 Å². The van der Waals surface area contributed by atoms with Crippen molar-refractivity contribution in [3.8, 4) is 0 Å². The van der Waals surface area contributed by atoms with Gasteiger partial charge in [0.1, 0.15) is 10.7 Å². The molecule has 0 radical (unpaired) electrons. The van der Waals surface area contributed by atoms with Crippen LogP contribution in [0.15, 0.2) is 21.6 Å². The third-order valence-electron chi connectivity index (χ3n) is 2.58. The van der Waals surface area contributed by atoms with Crippen LogP contribution in [0.5, 0.6) is 0 Å². The number of nitrogens with one attached hydrogen (secondary N) is 2. The zero-order valence-electron chi connectivity index (χ0n) is 12.5. The predicted octanol–water partition coefficient (Wildman–Crippen LogP) is 3.09. The molecule has 0 aliphatic heterocycles. The smallest absolute Gasteiger partial charge is 0.244 e. The molecule has 0 saturated carbocycles. The van der Waals surface area contributed by atoms with E-state index in [2.05, 4.69) is 37.9 Å². The van der Waals surface area contributed by atoms with Gasteiger partial charge in [-0.1, -0.05) is 13.8 Å². The average molecular weight is 396 g/mol. The molecule has 0 amide bonds. The van der Waals surface area contributed by atoms with Gasteiger partial charge >= 0.3 is 0 Å². The number of rotatable bonds is 9. The Bertz CT molecular complexity index is 552. The first-order valence-corrected chi connectivity index (χ1v) is 10.3. The van der Waals surface area contributed by atoms with Gasteiger partial charge in [-0.25, -0.2) is 18.1 Å². The van der Waals surface area contributed by atoms with Crippen LogP contribution in [-0.2, 0) is 10.0 Å². The Labute approximate surface area is 139 Å². The van der Waals surface area contributed by atoms with Gasteiger partial charge in [0, 0.05) is 29.0 Å². The summed E-state index contributed by atoms with van der Waals surface area (Å²) >= 11 is 4.98. The van der Waals surface area contributed by atoms with E-state index in [0.717, 1.165) is 17.9 Å². The third kappa shape index (κ3) is 6.14. The fourth-order valence-corrected chi connectivity index (χ4v) is 4.32. The molecule has 0 spiro atoms. The molecular weight excluding hydrogens is 374 g/mol. The lowest BCUT2D eigenvalue weighted by atomic mass is 10.4. The van der Waals surface area contributed by atoms with Crippen LogP contribution in [0.25, 0.3) is 0 Å². The van der Waals surface area contributed by atoms with Crippen LogP contribution in [0, 0.1) is 0 Å². The predicted molar refractivity (Wildman–Crippen MR) is 93.5 cm³/mol. The lowest BCUT2D eigenvalue weighted by molar-refractivity contribution is 0.571. The van der Waals surface area contributed by atoms with Crippen molar-refractivity contribution < 1.29 is 8.42 Å². The highest BCUT2D eigenvalue weighted by atomic mass is 79.9. The normalized spacial score (nSPS) is 13.1. The molecule has 1 unspecified atom stereocenters. The first-order valence-electron chi connectivity index (χ1n) is 6.90. The molecular formula is C13H22BrN3O2S2. The van der Waals surface area contributed by atoms with E-state index in [0.29, 0.717) is 16.8 Å². The van der Waals surface area contributed by atoms with Crippen LogP contribution in [0.1, 0.15) is 27.2 Å². The molecule has 1 aromatic heterocycles. The van der Waals surface area contributed by atoms with Gasteiger partial charge in [0.2, 0.25) is 10.0 Å². The summed E-state index contributed by atoms with van der Waals surface area (Å²) in [5.74, 6) is 2.10. The Morgan fingerprint density at radius 3 is 2.76 bits per heavy atom. The highest BCUT2D eigenvalue weighted by molar-refractivity contribution is 9.10. The quantitative estimate of drug-likeness (QED) is 0.671. The molecule has 0 fully saturated rings. The number of hydrogen-bond acceptors (Lipinski definition) is 5. The highest BCUT2D eigenvalue weighted by Gasteiger charge is 2.22. The number of halogens is 1. The minimum Gasteiger partial charge on any atom is -0.369 e. The molecule has 0 aromatic carbocycles. The number of thioether (sulfide) groups is 1. The molecule has 1 rings (SSSR count). The summed E-state index contributed by atoms with van der Waals surface area (Å²) in [6.07, 6.45) is 2.49. The molecule has 120 valence electrons. The molecule has 8 heteroatoms. The van der Waals surface area contributed by atoms with E-state index in [-0.39, 0.29) is 10.9 Å². The van der Waals surface area contributed by atoms with Crippen molar-refractivity contribution in [3.63, 3.8) is 0 Å². The Hall–Kier alpha value is -0.310. The lowest BCUT2D eigenvalue weighted by Crippen LogP contribution is -2.34. The Morgan fingerprint density at radius 2 is 2.14 bits per heavy atom. The minimum absolute atomic E-state index is 0.127. The summed E-state index contributed by atoms with van der Waals surface area (Å²) in [6.45, 7) is 6.61. The van der Waals surface area contributed by atoms with Gasteiger partial charge in [0.05, 0.1) is 0 Å². The van der Waals surface area contributed by atoms with Crippen LogP contribution >= 0.6 is 27.7 Å². The van der Waals surface area contributed by atoms with Gasteiger partial charge in [-0.2, -0.15) is 11.8 Å². The van der Waals surface area contributed by atoms with Crippen LogP contribution < -0.4 is 10.0 Å². The second-order valence-electron chi connectivity index (χ2n) is 4.61. The topological polar surface area (TPSA) is 71.1 Å². The van der Waals surface area contributed by atoms with Crippen LogP contribution in [0.3, 0.4) is 0 Å². The molecule has 1 heterocycles. The van der Waals surface area contributed by atoms with E-state index in [9.17, 15) is 8.42 Å². The molecule has 1 aromatic rings. The second kappa shape index (κ2) is 8.97. The van der Waals surface area contributed by atoms with E-state index in [4.69, 9.17) is 0 Å². The van der Waals surface area contributed by atoms with Gasteiger partial charge in [0.15, 0.2) is 0 Å². The maximum Gasteiger partial charge on any atom is 0.244 e. The first kappa shape index (κ1) is 18.7. The molecule has 1 atom stereocenters. The van der Waals surface area contributed by atoms with Crippen LogP contribution in [-0.4, -0.2) is 37.5 Å². The van der Waals surface area contributed by atoms with Crippen molar-refractivity contribution in [2.45, 2.75) is 38.1 Å². The monoisotopic (exact) mass is 395 g/mol. The van der Waals surface area contributed by atoms with E-state index >= 15 is 0 Å². The summed E-state index contributed by atoms with van der Waals surface area (Å²) in [5, 5.41) is 3.06. The van der Waals surface area contributed by atoms with Gasteiger partial charge in [-0.15, -0.1) is 0 Å². The maximum atomic E-state index is 12.5. The standard InChI is InChI=1S/C13H22BrN3O2S2/c1-4-6-15-13-12(7-11(14)8-16-13)21(18,19)17-10(3)9-20-5-2/h7-8,10,17H,4-6,9H2,1-3H3,(H,15,16). The van der Waals surface area contributed by atoms with Gasteiger partial charge < -0.3 is 5.32 Å². The van der Waals surface area contributed by atoms with E-state index in [1.807, 2.05) is 13.8 Å². The molecule has 5 nitrogen and oxygen atoms in total. The molecule has 2 N–H and O–H groups in total. The third-order valence-corrected chi connectivity index (χ3v) is 5.76. The number of anilines is 1. The number of aromatic nitrogens is 1.